The molecule has 0 saturated carbocycles. The fourth-order valence-corrected chi connectivity index (χ4v) is 1.41. The summed E-state index contributed by atoms with van der Waals surface area (Å²) in [5, 5.41) is 0.933. The van der Waals surface area contributed by atoms with Crippen LogP contribution in [0.1, 0.15) is 38.5 Å². The van der Waals surface area contributed by atoms with E-state index >= 15 is 0 Å². The van der Waals surface area contributed by atoms with Gasteiger partial charge in [0, 0.05) is 31.9 Å². The zero-order valence-electron chi connectivity index (χ0n) is 8.35. The van der Waals surface area contributed by atoms with Crippen LogP contribution in [0.2, 0.25) is 0 Å². The van der Waals surface area contributed by atoms with Crippen LogP contribution in [0.15, 0.2) is 0 Å². The van der Waals surface area contributed by atoms with Crippen molar-refractivity contribution in [1.82, 2.24) is 0 Å². The number of alkyl halides is 1. The first-order valence-electron chi connectivity index (χ1n) is 4.88. The van der Waals surface area contributed by atoms with E-state index in [9.17, 15) is 4.79 Å². The Hall–Kier alpha value is 0.110. The van der Waals surface area contributed by atoms with E-state index < -0.39 is 0 Å². The van der Waals surface area contributed by atoms with E-state index in [0.29, 0.717) is 5.78 Å². The maximum atomic E-state index is 11.2. The highest BCUT2D eigenvalue weighted by Crippen LogP contribution is 2.04. The lowest BCUT2D eigenvalue weighted by atomic mass is 10.1. The van der Waals surface area contributed by atoms with Gasteiger partial charge >= 0.3 is 0 Å². The second-order valence-corrected chi connectivity index (χ2v) is 3.93. The van der Waals surface area contributed by atoms with Gasteiger partial charge in [-0.25, -0.2) is 0 Å². The van der Waals surface area contributed by atoms with Crippen molar-refractivity contribution in [3.8, 4) is 0 Å². The predicted molar refractivity (Wildman–Crippen MR) is 58.4 cm³/mol. The van der Waals surface area contributed by atoms with Gasteiger partial charge in [-0.2, -0.15) is 0 Å². The van der Waals surface area contributed by atoms with Gasteiger partial charge in [-0.3, -0.25) is 4.79 Å². The Morgan fingerprint density at radius 1 is 1.15 bits per heavy atom. The molecule has 0 aliphatic heterocycles. The van der Waals surface area contributed by atoms with Crippen LogP contribution in [0.25, 0.3) is 0 Å². The normalized spacial score (nSPS) is 10.3. The Morgan fingerprint density at radius 3 is 2.46 bits per heavy atom. The summed E-state index contributed by atoms with van der Waals surface area (Å²) in [6.07, 6.45) is 5.64. The molecule has 0 atom stereocenters. The maximum Gasteiger partial charge on any atom is 0.132 e. The van der Waals surface area contributed by atoms with E-state index in [2.05, 4.69) is 15.9 Å². The van der Waals surface area contributed by atoms with Crippen LogP contribution in [0.3, 0.4) is 0 Å². The van der Waals surface area contributed by atoms with Crippen molar-refractivity contribution in [3.63, 3.8) is 0 Å². The third kappa shape index (κ3) is 10.0. The SMILES string of the molecule is COCCCCCC(=O)CCCBr. The molecule has 3 heteroatoms. The molecular weight excluding hydrogens is 232 g/mol. The van der Waals surface area contributed by atoms with Crippen molar-refractivity contribution in [2.45, 2.75) is 38.5 Å². The number of methoxy groups -OCH3 is 1. The highest BCUT2D eigenvalue weighted by Gasteiger charge is 2.00. The summed E-state index contributed by atoms with van der Waals surface area (Å²) in [6.45, 7) is 0.815. The van der Waals surface area contributed by atoms with Gasteiger partial charge in [0.1, 0.15) is 5.78 Å². The Bertz CT molecular complexity index is 126. The number of carbonyl (C=O) groups is 1. The monoisotopic (exact) mass is 250 g/mol. The summed E-state index contributed by atoms with van der Waals surface area (Å²) in [7, 11) is 1.71. The molecule has 2 nitrogen and oxygen atoms in total. The molecule has 13 heavy (non-hydrogen) atoms. The van der Waals surface area contributed by atoms with E-state index in [-0.39, 0.29) is 0 Å². The molecule has 0 bridgehead atoms. The zero-order chi connectivity index (χ0) is 9.94. The van der Waals surface area contributed by atoms with Gasteiger partial charge in [0.15, 0.2) is 0 Å². The maximum absolute atomic E-state index is 11.2. The number of ketones is 1. The largest absolute Gasteiger partial charge is 0.385 e. The number of halogens is 1. The second kappa shape index (κ2) is 10.2. The lowest BCUT2D eigenvalue weighted by Gasteiger charge is -2.00. The predicted octanol–water partition coefficient (Wildman–Crippen LogP) is 2.94. The molecule has 0 N–H and O–H groups in total. The number of ether oxygens (including phenoxy) is 1. The molecule has 0 aromatic rings. The zero-order valence-corrected chi connectivity index (χ0v) is 9.94. The smallest absolute Gasteiger partial charge is 0.132 e. The fourth-order valence-electron chi connectivity index (χ4n) is 1.13. The lowest BCUT2D eigenvalue weighted by molar-refractivity contribution is -0.119. The topological polar surface area (TPSA) is 26.3 Å². The first-order chi connectivity index (χ1) is 6.31. The molecule has 0 aromatic carbocycles. The highest BCUT2D eigenvalue weighted by atomic mass is 79.9. The Kier molecular flexibility index (Phi) is 10.3. The molecule has 0 aliphatic carbocycles. The van der Waals surface area contributed by atoms with Gasteiger partial charge in [0.2, 0.25) is 0 Å². The Labute approximate surface area is 89.2 Å². The van der Waals surface area contributed by atoms with E-state index in [4.69, 9.17) is 4.74 Å². The minimum Gasteiger partial charge on any atom is -0.385 e. The number of hydrogen-bond donors (Lipinski definition) is 0. The molecular formula is C10H19BrO2. The molecule has 0 amide bonds. The summed E-state index contributed by atoms with van der Waals surface area (Å²) < 4.78 is 4.92. The van der Waals surface area contributed by atoms with Crippen molar-refractivity contribution in [1.29, 1.82) is 0 Å². The molecule has 0 aliphatic rings. The van der Waals surface area contributed by atoms with Crippen LogP contribution in [-0.4, -0.2) is 24.8 Å². The molecule has 0 saturated heterocycles. The molecule has 0 aromatic heterocycles. The molecule has 0 heterocycles. The van der Waals surface area contributed by atoms with E-state index in [1.54, 1.807) is 7.11 Å². The summed E-state index contributed by atoms with van der Waals surface area (Å²) in [5.41, 5.74) is 0. The van der Waals surface area contributed by atoms with Crippen LogP contribution in [0.4, 0.5) is 0 Å². The summed E-state index contributed by atoms with van der Waals surface area (Å²) in [4.78, 5) is 11.2. The number of carbonyl (C=O) groups excluding carboxylic acids is 1. The van der Waals surface area contributed by atoms with Crippen LogP contribution >= 0.6 is 15.9 Å². The fraction of sp³-hybridized carbons (Fsp3) is 0.900. The van der Waals surface area contributed by atoms with Gasteiger partial charge in [-0.15, -0.1) is 0 Å². The van der Waals surface area contributed by atoms with Crippen molar-refractivity contribution >= 4 is 21.7 Å². The van der Waals surface area contributed by atoms with E-state index in [0.717, 1.165) is 50.5 Å². The standard InChI is InChI=1S/C10H19BrO2/c1-13-9-4-2-3-6-10(12)7-5-8-11/h2-9H2,1H3. The molecule has 0 fully saturated rings. The van der Waals surface area contributed by atoms with Gasteiger partial charge < -0.3 is 4.74 Å². The molecule has 0 radical (unpaired) electrons. The van der Waals surface area contributed by atoms with Crippen molar-refractivity contribution in [3.05, 3.63) is 0 Å². The van der Waals surface area contributed by atoms with Gasteiger partial charge in [0.25, 0.3) is 0 Å². The summed E-state index contributed by atoms with van der Waals surface area (Å²) >= 11 is 3.31. The average molecular weight is 251 g/mol. The number of Topliss-reactive ketones (excluding diaryl/α,β-unsaturated/α-hetero) is 1. The number of hydrogen-bond acceptors (Lipinski definition) is 2. The first kappa shape index (κ1) is 13.1. The molecule has 0 unspecified atom stereocenters. The van der Waals surface area contributed by atoms with Crippen LogP contribution in [0.5, 0.6) is 0 Å². The van der Waals surface area contributed by atoms with Crippen molar-refractivity contribution < 1.29 is 9.53 Å². The average Bonchev–Trinajstić information content (AvgIpc) is 2.14. The van der Waals surface area contributed by atoms with Gasteiger partial charge in [-0.1, -0.05) is 22.4 Å². The minimum absolute atomic E-state index is 0.400. The van der Waals surface area contributed by atoms with Crippen molar-refractivity contribution in [2.75, 3.05) is 19.0 Å². The summed E-state index contributed by atoms with van der Waals surface area (Å²) in [5.74, 6) is 0.400. The number of unbranched alkanes of at least 4 members (excludes halogenated alkanes) is 2. The third-order valence-corrected chi connectivity index (χ3v) is 2.45. The van der Waals surface area contributed by atoms with Crippen LogP contribution in [0, 0.1) is 0 Å². The third-order valence-electron chi connectivity index (χ3n) is 1.89. The van der Waals surface area contributed by atoms with Crippen LogP contribution < -0.4 is 0 Å². The second-order valence-electron chi connectivity index (χ2n) is 3.13. The van der Waals surface area contributed by atoms with E-state index in [1.165, 1.54) is 0 Å². The molecule has 0 rings (SSSR count). The van der Waals surface area contributed by atoms with Gasteiger partial charge in [0.05, 0.1) is 0 Å². The Morgan fingerprint density at radius 2 is 1.85 bits per heavy atom. The Balaban J connectivity index is 3.08. The van der Waals surface area contributed by atoms with Gasteiger partial charge in [-0.05, 0) is 19.3 Å². The lowest BCUT2D eigenvalue weighted by Crippen LogP contribution is -1.98. The molecule has 78 valence electrons. The first-order valence-corrected chi connectivity index (χ1v) is 6.00. The van der Waals surface area contributed by atoms with Crippen LogP contribution in [-0.2, 0) is 9.53 Å². The summed E-state index contributed by atoms with van der Waals surface area (Å²) in [6, 6.07) is 0. The minimum atomic E-state index is 0.400. The molecule has 0 spiro atoms. The quantitative estimate of drug-likeness (QED) is 0.465. The number of rotatable bonds is 9. The highest BCUT2D eigenvalue weighted by molar-refractivity contribution is 9.09. The van der Waals surface area contributed by atoms with E-state index in [1.807, 2.05) is 0 Å². The van der Waals surface area contributed by atoms with Crippen molar-refractivity contribution in [2.24, 2.45) is 0 Å².